The summed E-state index contributed by atoms with van der Waals surface area (Å²) in [6, 6.07) is 5.53. The average Bonchev–Trinajstić information content (AvgIpc) is 2.47. The van der Waals surface area contributed by atoms with Crippen LogP contribution in [0.2, 0.25) is 0 Å². The molecule has 1 saturated heterocycles. The number of carbonyl (C=O) groups excluding carboxylic acids is 2. The maximum Gasteiger partial charge on any atom is 0.252 e. The van der Waals surface area contributed by atoms with Gasteiger partial charge in [0.2, 0.25) is 5.91 Å². The Bertz CT molecular complexity index is 518. The molecule has 20 heavy (non-hydrogen) atoms. The minimum atomic E-state index is -0.237. The second kappa shape index (κ2) is 7.37. The summed E-state index contributed by atoms with van der Waals surface area (Å²) >= 11 is 5.50. The number of hydrogen-bond donors (Lipinski definition) is 2. The highest BCUT2D eigenvalue weighted by molar-refractivity contribution is 14.1. The highest BCUT2D eigenvalue weighted by Gasteiger charge is 2.17. The molecular formula is C13H15BrIN3O2. The van der Waals surface area contributed by atoms with Crippen LogP contribution in [0.1, 0.15) is 10.4 Å². The number of piperazine rings is 1. The van der Waals surface area contributed by atoms with E-state index in [4.69, 9.17) is 0 Å². The zero-order chi connectivity index (χ0) is 14.5. The molecule has 0 bridgehead atoms. The number of rotatable bonds is 3. The number of carbonyl (C=O) groups is 2. The van der Waals surface area contributed by atoms with Gasteiger partial charge in [-0.1, -0.05) is 0 Å². The first-order valence-corrected chi connectivity index (χ1v) is 8.17. The Morgan fingerprint density at radius 1 is 1.35 bits per heavy atom. The Labute approximate surface area is 139 Å². The lowest BCUT2D eigenvalue weighted by molar-refractivity contribution is -0.130. The van der Waals surface area contributed by atoms with Crippen molar-refractivity contribution in [1.29, 1.82) is 0 Å². The highest BCUT2D eigenvalue weighted by Crippen LogP contribution is 2.19. The number of nitrogens with zero attached hydrogens (tertiary/aromatic N) is 1. The topological polar surface area (TPSA) is 61.4 Å². The van der Waals surface area contributed by atoms with Crippen LogP contribution in [0.4, 0.5) is 0 Å². The van der Waals surface area contributed by atoms with E-state index in [2.05, 4.69) is 49.2 Å². The summed E-state index contributed by atoms with van der Waals surface area (Å²) in [5, 5.41) is 5.87. The molecule has 5 nitrogen and oxygen atoms in total. The van der Waals surface area contributed by atoms with Gasteiger partial charge >= 0.3 is 0 Å². The predicted octanol–water partition coefficient (Wildman–Crippen LogP) is 1.22. The lowest BCUT2D eigenvalue weighted by Gasteiger charge is -2.27. The fourth-order valence-electron chi connectivity index (χ4n) is 1.95. The Morgan fingerprint density at radius 2 is 2.05 bits per heavy atom. The molecule has 0 spiro atoms. The lowest BCUT2D eigenvalue weighted by atomic mass is 10.2. The van der Waals surface area contributed by atoms with Crippen LogP contribution >= 0.6 is 38.5 Å². The highest BCUT2D eigenvalue weighted by atomic mass is 127. The number of halogens is 2. The zero-order valence-corrected chi connectivity index (χ0v) is 14.5. The van der Waals surface area contributed by atoms with E-state index in [1.165, 1.54) is 0 Å². The van der Waals surface area contributed by atoms with E-state index in [0.29, 0.717) is 18.7 Å². The lowest BCUT2D eigenvalue weighted by Crippen LogP contribution is -2.49. The fourth-order valence-corrected chi connectivity index (χ4v) is 2.87. The Kier molecular flexibility index (Phi) is 5.79. The molecule has 7 heteroatoms. The molecule has 0 atom stereocenters. The molecule has 0 radical (unpaired) electrons. The molecule has 1 aromatic rings. The smallest absolute Gasteiger partial charge is 0.252 e. The van der Waals surface area contributed by atoms with Gasteiger partial charge in [0.25, 0.3) is 5.91 Å². The van der Waals surface area contributed by atoms with E-state index in [9.17, 15) is 9.59 Å². The monoisotopic (exact) mass is 451 g/mol. The molecule has 0 aliphatic carbocycles. The van der Waals surface area contributed by atoms with Crippen molar-refractivity contribution >= 4 is 50.3 Å². The Morgan fingerprint density at radius 3 is 2.75 bits per heavy atom. The van der Waals surface area contributed by atoms with Crippen molar-refractivity contribution in [3.63, 3.8) is 0 Å². The third-order valence-electron chi connectivity index (χ3n) is 3.04. The summed E-state index contributed by atoms with van der Waals surface area (Å²) in [5.41, 5.74) is 0.546. The van der Waals surface area contributed by atoms with Crippen LogP contribution in [-0.2, 0) is 4.79 Å². The molecule has 0 aromatic heterocycles. The van der Waals surface area contributed by atoms with Crippen LogP contribution in [0.3, 0.4) is 0 Å². The maximum absolute atomic E-state index is 12.1. The first kappa shape index (κ1) is 15.7. The van der Waals surface area contributed by atoms with Gasteiger partial charge in [0.05, 0.1) is 12.1 Å². The molecule has 2 N–H and O–H groups in total. The number of hydrogen-bond acceptors (Lipinski definition) is 3. The molecule has 2 amide bonds. The largest absolute Gasteiger partial charge is 0.343 e. The molecule has 1 aliphatic heterocycles. The SMILES string of the molecule is O=C(NCC(=O)N1CCNCC1)c1cc(I)ccc1Br. The molecule has 1 heterocycles. The minimum Gasteiger partial charge on any atom is -0.343 e. The van der Waals surface area contributed by atoms with E-state index in [1.54, 1.807) is 11.0 Å². The third-order valence-corrected chi connectivity index (χ3v) is 4.41. The van der Waals surface area contributed by atoms with Crippen LogP contribution in [-0.4, -0.2) is 49.4 Å². The average molecular weight is 452 g/mol. The first-order chi connectivity index (χ1) is 9.58. The van der Waals surface area contributed by atoms with Crippen molar-refractivity contribution in [2.75, 3.05) is 32.7 Å². The van der Waals surface area contributed by atoms with E-state index < -0.39 is 0 Å². The quantitative estimate of drug-likeness (QED) is 0.679. The van der Waals surface area contributed by atoms with Gasteiger partial charge in [0.1, 0.15) is 0 Å². The maximum atomic E-state index is 12.1. The third kappa shape index (κ3) is 4.16. The van der Waals surface area contributed by atoms with Crippen molar-refractivity contribution in [1.82, 2.24) is 15.5 Å². The van der Waals surface area contributed by atoms with Gasteiger partial charge in [0, 0.05) is 34.2 Å². The van der Waals surface area contributed by atoms with Crippen LogP contribution in [0.15, 0.2) is 22.7 Å². The molecule has 1 aliphatic rings. The van der Waals surface area contributed by atoms with Crippen molar-refractivity contribution < 1.29 is 9.59 Å². The Balaban J connectivity index is 1.91. The summed E-state index contributed by atoms with van der Waals surface area (Å²) in [7, 11) is 0. The number of amides is 2. The van der Waals surface area contributed by atoms with Gasteiger partial charge in [-0.15, -0.1) is 0 Å². The minimum absolute atomic E-state index is 0.0384. The van der Waals surface area contributed by atoms with Gasteiger partial charge < -0.3 is 15.5 Å². The summed E-state index contributed by atoms with van der Waals surface area (Å²) in [4.78, 5) is 25.8. The van der Waals surface area contributed by atoms with Gasteiger partial charge in [-0.2, -0.15) is 0 Å². The molecule has 1 aromatic carbocycles. The fraction of sp³-hybridized carbons (Fsp3) is 0.385. The normalized spacial score (nSPS) is 15.0. The first-order valence-electron chi connectivity index (χ1n) is 6.29. The van der Waals surface area contributed by atoms with Crippen LogP contribution in [0.25, 0.3) is 0 Å². The molecule has 0 unspecified atom stereocenters. The van der Waals surface area contributed by atoms with Gasteiger partial charge in [-0.3, -0.25) is 9.59 Å². The number of nitrogens with one attached hydrogen (secondary N) is 2. The van der Waals surface area contributed by atoms with Crippen LogP contribution < -0.4 is 10.6 Å². The van der Waals surface area contributed by atoms with Crippen LogP contribution in [0.5, 0.6) is 0 Å². The zero-order valence-electron chi connectivity index (χ0n) is 10.8. The van der Waals surface area contributed by atoms with Gasteiger partial charge in [0.15, 0.2) is 0 Å². The van der Waals surface area contributed by atoms with E-state index in [0.717, 1.165) is 21.1 Å². The van der Waals surface area contributed by atoms with Gasteiger partial charge in [-0.05, 0) is 56.7 Å². The Hall–Kier alpha value is -0.670. The van der Waals surface area contributed by atoms with Crippen molar-refractivity contribution in [2.24, 2.45) is 0 Å². The van der Waals surface area contributed by atoms with Crippen molar-refractivity contribution in [3.05, 3.63) is 31.8 Å². The van der Waals surface area contributed by atoms with Crippen LogP contribution in [0, 0.1) is 3.57 Å². The molecule has 2 rings (SSSR count). The predicted molar refractivity (Wildman–Crippen MR) is 88.6 cm³/mol. The van der Waals surface area contributed by atoms with Gasteiger partial charge in [-0.25, -0.2) is 0 Å². The standard InChI is InChI=1S/C13H15BrIN3O2/c14-11-2-1-9(15)7-10(11)13(20)17-8-12(19)18-5-3-16-4-6-18/h1-2,7,16H,3-6,8H2,(H,17,20). The molecule has 0 saturated carbocycles. The molecule has 108 valence electrons. The molecular weight excluding hydrogens is 437 g/mol. The second-order valence-corrected chi connectivity index (χ2v) is 6.54. The van der Waals surface area contributed by atoms with E-state index in [-0.39, 0.29) is 18.4 Å². The summed E-state index contributed by atoms with van der Waals surface area (Å²) in [6.07, 6.45) is 0. The van der Waals surface area contributed by atoms with Crippen molar-refractivity contribution in [2.45, 2.75) is 0 Å². The summed E-state index contributed by atoms with van der Waals surface area (Å²) in [5.74, 6) is -0.277. The second-order valence-electron chi connectivity index (χ2n) is 4.44. The van der Waals surface area contributed by atoms with E-state index >= 15 is 0 Å². The summed E-state index contributed by atoms with van der Waals surface area (Å²) in [6.45, 7) is 3.05. The number of benzene rings is 1. The van der Waals surface area contributed by atoms with Crippen molar-refractivity contribution in [3.8, 4) is 0 Å². The van der Waals surface area contributed by atoms with E-state index in [1.807, 2.05) is 12.1 Å². The summed E-state index contributed by atoms with van der Waals surface area (Å²) < 4.78 is 1.70. The molecule has 1 fully saturated rings.